The number of rotatable bonds is 6. The van der Waals surface area contributed by atoms with Crippen molar-refractivity contribution in [2.45, 2.75) is 38.8 Å². The summed E-state index contributed by atoms with van der Waals surface area (Å²) in [7, 11) is 0. The van der Waals surface area contributed by atoms with Gasteiger partial charge in [0, 0.05) is 19.0 Å². The predicted molar refractivity (Wildman–Crippen MR) is 69.0 cm³/mol. The standard InChI is InChI=1S/C14H18F3NO/c1-3-5-7-9-11-18(12-10-8-6-4-2)13(19)14(15,16)17/h3,5,7H,1,4,6,8-9,11H2,2H3/b7-5+. The lowest BCUT2D eigenvalue weighted by atomic mass is 10.2. The molecule has 0 bridgehead atoms. The highest BCUT2D eigenvalue weighted by Gasteiger charge is 2.42. The van der Waals surface area contributed by atoms with Crippen molar-refractivity contribution in [3.05, 3.63) is 24.8 Å². The van der Waals surface area contributed by atoms with Crippen LogP contribution in [0.2, 0.25) is 0 Å². The van der Waals surface area contributed by atoms with Gasteiger partial charge in [-0.25, -0.2) is 0 Å². The van der Waals surface area contributed by atoms with Crippen LogP contribution >= 0.6 is 0 Å². The molecule has 0 saturated heterocycles. The number of carbonyl (C=O) groups excluding carboxylic acids is 1. The van der Waals surface area contributed by atoms with Crippen LogP contribution in [0.15, 0.2) is 24.8 Å². The number of unbranched alkanes of at least 4 members (excludes halogenated alkanes) is 2. The number of nitrogens with zero attached hydrogens (tertiary/aromatic N) is 1. The zero-order valence-corrected chi connectivity index (χ0v) is 11.0. The van der Waals surface area contributed by atoms with E-state index in [0.29, 0.717) is 17.7 Å². The predicted octanol–water partition coefficient (Wildman–Crippen LogP) is 3.66. The summed E-state index contributed by atoms with van der Waals surface area (Å²) in [4.78, 5) is 11.7. The zero-order valence-electron chi connectivity index (χ0n) is 11.0. The molecule has 0 radical (unpaired) electrons. The van der Waals surface area contributed by atoms with Gasteiger partial charge >= 0.3 is 12.1 Å². The lowest BCUT2D eigenvalue weighted by molar-refractivity contribution is -0.181. The molecule has 0 fully saturated rings. The highest BCUT2D eigenvalue weighted by Crippen LogP contribution is 2.18. The second-order valence-electron chi connectivity index (χ2n) is 3.80. The maximum absolute atomic E-state index is 12.4. The molecule has 0 aromatic carbocycles. The second kappa shape index (κ2) is 9.26. The van der Waals surface area contributed by atoms with Crippen LogP contribution in [-0.2, 0) is 4.79 Å². The Balaban J connectivity index is 4.62. The Morgan fingerprint density at radius 3 is 2.63 bits per heavy atom. The van der Waals surface area contributed by atoms with Gasteiger partial charge in [-0.1, -0.05) is 44.1 Å². The maximum atomic E-state index is 12.4. The van der Waals surface area contributed by atoms with Crippen molar-refractivity contribution in [1.82, 2.24) is 4.90 Å². The molecular weight excluding hydrogens is 255 g/mol. The van der Waals surface area contributed by atoms with Gasteiger partial charge in [-0.15, -0.1) is 0 Å². The minimum atomic E-state index is -4.89. The minimum absolute atomic E-state index is 0.0815. The van der Waals surface area contributed by atoms with Crippen LogP contribution in [0.3, 0.4) is 0 Å². The average molecular weight is 273 g/mol. The van der Waals surface area contributed by atoms with Gasteiger partial charge in [0.2, 0.25) is 0 Å². The summed E-state index contributed by atoms with van der Waals surface area (Å²) in [6, 6.07) is 2.29. The zero-order chi connectivity index (χ0) is 14.7. The molecule has 19 heavy (non-hydrogen) atoms. The Bertz CT molecular complexity index is 374. The molecule has 0 unspecified atom stereocenters. The minimum Gasteiger partial charge on any atom is -0.263 e. The molecule has 5 heteroatoms. The van der Waals surface area contributed by atoms with E-state index >= 15 is 0 Å². The normalized spacial score (nSPS) is 10.9. The molecule has 106 valence electrons. The average Bonchev–Trinajstić information content (AvgIpc) is 2.35. The van der Waals surface area contributed by atoms with E-state index in [1.54, 1.807) is 12.2 Å². The number of hydrogen-bond donors (Lipinski definition) is 0. The van der Waals surface area contributed by atoms with Crippen molar-refractivity contribution in [2.24, 2.45) is 0 Å². The summed E-state index contributed by atoms with van der Waals surface area (Å²) in [5.74, 6) is 0.678. The maximum Gasteiger partial charge on any atom is 0.472 e. The summed E-state index contributed by atoms with van der Waals surface area (Å²) in [5.41, 5.74) is 0. The molecule has 0 rings (SSSR count). The van der Waals surface area contributed by atoms with E-state index < -0.39 is 12.1 Å². The molecule has 0 atom stereocenters. The third-order valence-corrected chi connectivity index (χ3v) is 2.15. The second-order valence-corrected chi connectivity index (χ2v) is 3.80. The van der Waals surface area contributed by atoms with Crippen LogP contribution in [0.5, 0.6) is 0 Å². The number of carbonyl (C=O) groups is 1. The SMILES string of the molecule is C=C/C=C/CCN(C#CCCCC)C(=O)C(F)(F)F. The monoisotopic (exact) mass is 273 g/mol. The fourth-order valence-electron chi connectivity index (χ4n) is 1.17. The van der Waals surface area contributed by atoms with E-state index in [2.05, 4.69) is 18.5 Å². The molecule has 0 aliphatic rings. The third-order valence-electron chi connectivity index (χ3n) is 2.15. The van der Waals surface area contributed by atoms with E-state index in [1.165, 1.54) is 6.08 Å². The highest BCUT2D eigenvalue weighted by molar-refractivity contribution is 5.83. The number of allylic oxidation sites excluding steroid dienone is 2. The lowest BCUT2D eigenvalue weighted by Gasteiger charge is -2.16. The summed E-state index contributed by atoms with van der Waals surface area (Å²) < 4.78 is 37.1. The Hall–Kier alpha value is -1.70. The van der Waals surface area contributed by atoms with E-state index in [-0.39, 0.29) is 6.54 Å². The fraction of sp³-hybridized carbons (Fsp3) is 0.500. The largest absolute Gasteiger partial charge is 0.472 e. The number of alkyl halides is 3. The topological polar surface area (TPSA) is 20.3 Å². The van der Waals surface area contributed by atoms with Crippen molar-refractivity contribution < 1.29 is 18.0 Å². The molecule has 0 aliphatic carbocycles. The summed E-state index contributed by atoms with van der Waals surface area (Å²) in [5, 5.41) is 0. The molecule has 1 amide bonds. The molecule has 0 N–H and O–H groups in total. The molecule has 0 heterocycles. The van der Waals surface area contributed by atoms with Crippen molar-refractivity contribution in [2.75, 3.05) is 6.54 Å². The van der Waals surface area contributed by atoms with Gasteiger partial charge in [-0.2, -0.15) is 13.2 Å². The van der Waals surface area contributed by atoms with Crippen LogP contribution in [-0.4, -0.2) is 23.5 Å². The first kappa shape index (κ1) is 17.3. The van der Waals surface area contributed by atoms with Crippen LogP contribution in [0.4, 0.5) is 13.2 Å². The van der Waals surface area contributed by atoms with Gasteiger partial charge in [0.15, 0.2) is 0 Å². The van der Waals surface area contributed by atoms with Gasteiger partial charge in [-0.05, 0) is 12.8 Å². The first-order chi connectivity index (χ1) is 8.93. The molecule has 0 aliphatic heterocycles. The molecule has 2 nitrogen and oxygen atoms in total. The number of hydrogen-bond acceptors (Lipinski definition) is 1. The van der Waals surface area contributed by atoms with E-state index in [1.807, 2.05) is 6.92 Å². The fourth-order valence-corrected chi connectivity index (χ4v) is 1.17. The summed E-state index contributed by atoms with van der Waals surface area (Å²) in [6.07, 6.45) is 2.38. The van der Waals surface area contributed by atoms with Crippen molar-refractivity contribution in [1.29, 1.82) is 0 Å². The van der Waals surface area contributed by atoms with Gasteiger partial charge in [0.25, 0.3) is 0 Å². The highest BCUT2D eigenvalue weighted by atomic mass is 19.4. The summed E-state index contributed by atoms with van der Waals surface area (Å²) >= 11 is 0. The first-order valence-electron chi connectivity index (χ1n) is 6.08. The van der Waals surface area contributed by atoms with Crippen molar-refractivity contribution in [3.8, 4) is 12.0 Å². The Morgan fingerprint density at radius 1 is 1.42 bits per heavy atom. The van der Waals surface area contributed by atoms with Gasteiger partial charge in [-0.3, -0.25) is 9.69 Å². The van der Waals surface area contributed by atoms with E-state index in [9.17, 15) is 18.0 Å². The summed E-state index contributed by atoms with van der Waals surface area (Å²) in [6.45, 7) is 5.32. The smallest absolute Gasteiger partial charge is 0.263 e. The first-order valence-corrected chi connectivity index (χ1v) is 6.08. The van der Waals surface area contributed by atoms with Crippen LogP contribution in [0, 0.1) is 12.0 Å². The van der Waals surface area contributed by atoms with Crippen LogP contribution < -0.4 is 0 Å². The van der Waals surface area contributed by atoms with Crippen LogP contribution in [0.25, 0.3) is 0 Å². The van der Waals surface area contributed by atoms with Gasteiger partial charge in [0.05, 0.1) is 0 Å². The quantitative estimate of drug-likeness (QED) is 0.313. The molecular formula is C14H18F3NO. The van der Waals surface area contributed by atoms with Crippen molar-refractivity contribution >= 4 is 5.91 Å². The number of amides is 1. The van der Waals surface area contributed by atoms with Crippen LogP contribution in [0.1, 0.15) is 32.6 Å². The molecule has 0 saturated carbocycles. The van der Waals surface area contributed by atoms with E-state index in [4.69, 9.17) is 0 Å². The lowest BCUT2D eigenvalue weighted by Crippen LogP contribution is -2.38. The number of halogens is 3. The van der Waals surface area contributed by atoms with Crippen molar-refractivity contribution in [3.63, 3.8) is 0 Å². The third kappa shape index (κ3) is 8.09. The Labute approximate surface area is 112 Å². The molecule has 0 aromatic rings. The van der Waals surface area contributed by atoms with Gasteiger partial charge < -0.3 is 0 Å². The molecule has 0 aromatic heterocycles. The Kier molecular flexibility index (Phi) is 8.43. The molecule has 0 spiro atoms. The Morgan fingerprint density at radius 2 is 2.11 bits per heavy atom. The van der Waals surface area contributed by atoms with Gasteiger partial charge in [0.1, 0.15) is 0 Å². The van der Waals surface area contributed by atoms with E-state index in [0.717, 1.165) is 12.8 Å².